The second kappa shape index (κ2) is 5.73. The van der Waals surface area contributed by atoms with Crippen LogP contribution in [0.5, 0.6) is 0 Å². The zero-order valence-electron chi connectivity index (χ0n) is 9.86. The van der Waals surface area contributed by atoms with Crippen LogP contribution in [0.15, 0.2) is 36.8 Å². The van der Waals surface area contributed by atoms with Crippen molar-refractivity contribution in [1.29, 1.82) is 0 Å². The molecule has 0 bridgehead atoms. The molecule has 0 atom stereocenters. The molecule has 1 N–H and O–H groups in total. The summed E-state index contributed by atoms with van der Waals surface area (Å²) in [6.45, 7) is 3.90. The molecule has 0 aliphatic heterocycles. The quantitative estimate of drug-likeness (QED) is 0.878. The number of aryl methyl sites for hydroxylation is 1. The molecule has 1 heterocycles. The minimum Gasteiger partial charge on any atom is -0.378 e. The molecule has 2 rings (SSSR count). The fourth-order valence-corrected chi connectivity index (χ4v) is 1.93. The Kier molecular flexibility index (Phi) is 4.04. The average molecular weight is 250 g/mol. The standard InChI is InChI=1S/C13H16ClN3/c1-2-7-17-10-15-8-11(17)9-16-13-6-4-3-5-12(13)14/h3-6,8,10,16H,2,7,9H2,1H3. The van der Waals surface area contributed by atoms with Crippen LogP contribution < -0.4 is 5.32 Å². The molecule has 90 valence electrons. The summed E-state index contributed by atoms with van der Waals surface area (Å²) in [5, 5.41) is 4.07. The molecule has 0 fully saturated rings. The van der Waals surface area contributed by atoms with Crippen LogP contribution in [-0.4, -0.2) is 9.55 Å². The highest BCUT2D eigenvalue weighted by Gasteiger charge is 2.02. The monoisotopic (exact) mass is 249 g/mol. The molecule has 0 radical (unpaired) electrons. The van der Waals surface area contributed by atoms with Gasteiger partial charge in [-0.05, 0) is 18.6 Å². The van der Waals surface area contributed by atoms with Crippen LogP contribution in [0.4, 0.5) is 5.69 Å². The van der Waals surface area contributed by atoms with Crippen molar-refractivity contribution in [2.75, 3.05) is 5.32 Å². The van der Waals surface area contributed by atoms with Crippen LogP contribution in [0.2, 0.25) is 5.02 Å². The van der Waals surface area contributed by atoms with Crippen LogP contribution in [-0.2, 0) is 13.1 Å². The first-order chi connectivity index (χ1) is 8.31. The van der Waals surface area contributed by atoms with Gasteiger partial charge >= 0.3 is 0 Å². The van der Waals surface area contributed by atoms with Crippen LogP contribution in [0.1, 0.15) is 19.0 Å². The molecule has 0 spiro atoms. The Bertz CT molecular complexity index is 479. The first kappa shape index (κ1) is 12.0. The van der Waals surface area contributed by atoms with E-state index < -0.39 is 0 Å². The molecule has 17 heavy (non-hydrogen) atoms. The minimum absolute atomic E-state index is 0.740. The van der Waals surface area contributed by atoms with E-state index in [0.717, 1.165) is 30.2 Å². The molecular formula is C13H16ClN3. The van der Waals surface area contributed by atoms with Gasteiger partial charge in [0.25, 0.3) is 0 Å². The lowest BCUT2D eigenvalue weighted by atomic mass is 10.3. The first-order valence-corrected chi connectivity index (χ1v) is 6.16. The van der Waals surface area contributed by atoms with Gasteiger partial charge in [-0.3, -0.25) is 0 Å². The Morgan fingerprint density at radius 2 is 2.18 bits per heavy atom. The molecule has 3 nitrogen and oxygen atoms in total. The van der Waals surface area contributed by atoms with Crippen LogP contribution in [0.3, 0.4) is 0 Å². The predicted octanol–water partition coefficient (Wildman–Crippen LogP) is 3.56. The normalized spacial score (nSPS) is 10.5. The van der Waals surface area contributed by atoms with Gasteiger partial charge in [0, 0.05) is 12.7 Å². The maximum Gasteiger partial charge on any atom is 0.0948 e. The molecular weight excluding hydrogens is 234 g/mol. The van der Waals surface area contributed by atoms with Gasteiger partial charge in [0.05, 0.1) is 29.3 Å². The molecule has 0 aliphatic carbocycles. The lowest BCUT2D eigenvalue weighted by molar-refractivity contribution is 0.651. The maximum absolute atomic E-state index is 6.08. The Morgan fingerprint density at radius 3 is 2.94 bits per heavy atom. The largest absolute Gasteiger partial charge is 0.378 e. The van der Waals surface area contributed by atoms with Crippen molar-refractivity contribution in [3.05, 3.63) is 47.5 Å². The molecule has 0 unspecified atom stereocenters. The summed E-state index contributed by atoms with van der Waals surface area (Å²) >= 11 is 6.08. The lowest BCUT2D eigenvalue weighted by Crippen LogP contribution is -2.07. The second-order valence-corrected chi connectivity index (χ2v) is 4.32. The van der Waals surface area contributed by atoms with Crippen molar-refractivity contribution in [3.8, 4) is 0 Å². The van der Waals surface area contributed by atoms with Crippen LogP contribution in [0.25, 0.3) is 0 Å². The molecule has 1 aromatic carbocycles. The lowest BCUT2D eigenvalue weighted by Gasteiger charge is -2.10. The molecule has 1 aromatic heterocycles. The Hall–Kier alpha value is -1.48. The number of imidazole rings is 1. The van der Waals surface area contributed by atoms with E-state index in [-0.39, 0.29) is 0 Å². The molecule has 0 saturated carbocycles. The number of aromatic nitrogens is 2. The van der Waals surface area contributed by atoms with Gasteiger partial charge in [-0.2, -0.15) is 0 Å². The van der Waals surface area contributed by atoms with E-state index in [4.69, 9.17) is 11.6 Å². The van der Waals surface area contributed by atoms with Gasteiger partial charge in [0.2, 0.25) is 0 Å². The number of rotatable bonds is 5. The summed E-state index contributed by atoms with van der Waals surface area (Å²) in [5.41, 5.74) is 2.13. The summed E-state index contributed by atoms with van der Waals surface area (Å²) in [4.78, 5) is 4.17. The fraction of sp³-hybridized carbons (Fsp3) is 0.308. The molecule has 0 amide bonds. The van der Waals surface area contributed by atoms with Gasteiger partial charge < -0.3 is 9.88 Å². The van der Waals surface area contributed by atoms with Crippen molar-refractivity contribution in [1.82, 2.24) is 9.55 Å². The zero-order chi connectivity index (χ0) is 12.1. The van der Waals surface area contributed by atoms with Gasteiger partial charge in [0.15, 0.2) is 0 Å². The molecule has 0 aliphatic rings. The summed E-state index contributed by atoms with van der Waals surface area (Å²) < 4.78 is 2.16. The van der Waals surface area contributed by atoms with Gasteiger partial charge in [-0.1, -0.05) is 30.7 Å². The van der Waals surface area contributed by atoms with E-state index in [0.29, 0.717) is 0 Å². The van der Waals surface area contributed by atoms with E-state index in [1.165, 1.54) is 5.69 Å². The summed E-state index contributed by atoms with van der Waals surface area (Å²) in [5.74, 6) is 0. The fourth-order valence-electron chi connectivity index (χ4n) is 1.73. The number of hydrogen-bond donors (Lipinski definition) is 1. The molecule has 4 heteroatoms. The number of benzene rings is 1. The van der Waals surface area contributed by atoms with Crippen LogP contribution in [0, 0.1) is 0 Å². The number of halogens is 1. The Balaban J connectivity index is 2.02. The highest BCUT2D eigenvalue weighted by Crippen LogP contribution is 2.21. The van der Waals surface area contributed by atoms with Gasteiger partial charge in [0.1, 0.15) is 0 Å². The Labute approximate surface area is 106 Å². The summed E-state index contributed by atoms with van der Waals surface area (Å²) in [6, 6.07) is 7.75. The topological polar surface area (TPSA) is 29.9 Å². The SMILES string of the molecule is CCCn1cncc1CNc1ccccc1Cl. The number of anilines is 1. The number of nitrogens with zero attached hydrogens (tertiary/aromatic N) is 2. The first-order valence-electron chi connectivity index (χ1n) is 5.78. The Morgan fingerprint density at radius 1 is 1.35 bits per heavy atom. The number of nitrogens with one attached hydrogen (secondary N) is 1. The maximum atomic E-state index is 6.08. The average Bonchev–Trinajstić information content (AvgIpc) is 2.76. The van der Waals surface area contributed by atoms with Crippen LogP contribution >= 0.6 is 11.6 Å². The van der Waals surface area contributed by atoms with Crippen molar-refractivity contribution in [3.63, 3.8) is 0 Å². The predicted molar refractivity (Wildman–Crippen MR) is 71.3 cm³/mol. The van der Waals surface area contributed by atoms with E-state index in [1.54, 1.807) is 0 Å². The minimum atomic E-state index is 0.740. The smallest absolute Gasteiger partial charge is 0.0948 e. The van der Waals surface area contributed by atoms with Crippen molar-refractivity contribution in [2.24, 2.45) is 0 Å². The highest BCUT2D eigenvalue weighted by atomic mass is 35.5. The van der Waals surface area contributed by atoms with E-state index in [2.05, 4.69) is 21.8 Å². The van der Waals surface area contributed by atoms with E-state index >= 15 is 0 Å². The second-order valence-electron chi connectivity index (χ2n) is 3.91. The summed E-state index contributed by atoms with van der Waals surface area (Å²) in [7, 11) is 0. The zero-order valence-corrected chi connectivity index (χ0v) is 10.6. The van der Waals surface area contributed by atoms with Crippen molar-refractivity contribution >= 4 is 17.3 Å². The summed E-state index contributed by atoms with van der Waals surface area (Å²) in [6.07, 6.45) is 4.86. The van der Waals surface area contributed by atoms with Gasteiger partial charge in [-0.25, -0.2) is 4.98 Å². The van der Waals surface area contributed by atoms with E-state index in [1.807, 2.05) is 36.8 Å². The third-order valence-corrected chi connectivity index (χ3v) is 2.93. The number of hydrogen-bond acceptors (Lipinski definition) is 2. The third kappa shape index (κ3) is 3.01. The highest BCUT2D eigenvalue weighted by molar-refractivity contribution is 6.33. The number of para-hydroxylation sites is 1. The van der Waals surface area contributed by atoms with E-state index in [9.17, 15) is 0 Å². The molecule has 0 saturated heterocycles. The van der Waals surface area contributed by atoms with Crippen molar-refractivity contribution < 1.29 is 0 Å². The third-order valence-electron chi connectivity index (χ3n) is 2.60. The van der Waals surface area contributed by atoms with Gasteiger partial charge in [-0.15, -0.1) is 0 Å². The van der Waals surface area contributed by atoms with Crippen molar-refractivity contribution in [2.45, 2.75) is 26.4 Å². The molecule has 2 aromatic rings.